The molecule has 2 aromatic carbocycles. The Morgan fingerprint density at radius 3 is 2.95 bits per heavy atom. The maximum Gasteiger partial charge on any atom is 0.142 e. The largest absolute Gasteiger partial charge is 0.497 e. The third kappa shape index (κ3) is 2.50. The van der Waals surface area contributed by atoms with Crippen LogP contribution in [0.25, 0.3) is 0 Å². The molecule has 0 amide bonds. The number of nitrogens with zero attached hydrogens (tertiary/aromatic N) is 1. The molecule has 0 radical (unpaired) electrons. The predicted octanol–water partition coefficient (Wildman–Crippen LogP) is 2.68. The van der Waals surface area contributed by atoms with Crippen molar-refractivity contribution < 1.29 is 9.47 Å². The Labute approximate surface area is 118 Å². The van der Waals surface area contributed by atoms with Gasteiger partial charge in [0.15, 0.2) is 0 Å². The fraction of sp³-hybridized carbons (Fsp3) is 0.250. The lowest BCUT2D eigenvalue weighted by atomic mass is 10.1. The second-order valence-electron chi connectivity index (χ2n) is 4.85. The Morgan fingerprint density at radius 1 is 1.25 bits per heavy atom. The Morgan fingerprint density at radius 2 is 2.15 bits per heavy atom. The number of nitrogen functional groups attached to an aromatic ring is 1. The summed E-state index contributed by atoms with van der Waals surface area (Å²) in [6.07, 6.45) is 0. The van der Waals surface area contributed by atoms with Gasteiger partial charge in [0.05, 0.1) is 19.3 Å². The summed E-state index contributed by atoms with van der Waals surface area (Å²) in [5.41, 5.74) is 8.90. The summed E-state index contributed by atoms with van der Waals surface area (Å²) in [5.74, 6) is 1.74. The lowest BCUT2D eigenvalue weighted by Crippen LogP contribution is -2.32. The monoisotopic (exact) mass is 270 g/mol. The maximum absolute atomic E-state index is 5.84. The molecule has 1 aliphatic heterocycles. The number of benzene rings is 2. The van der Waals surface area contributed by atoms with Crippen molar-refractivity contribution in [1.82, 2.24) is 0 Å². The van der Waals surface area contributed by atoms with Crippen molar-refractivity contribution in [1.29, 1.82) is 0 Å². The van der Waals surface area contributed by atoms with Gasteiger partial charge >= 0.3 is 0 Å². The topological polar surface area (TPSA) is 47.7 Å². The average molecular weight is 270 g/mol. The summed E-state index contributed by atoms with van der Waals surface area (Å²) in [7, 11) is 1.67. The van der Waals surface area contributed by atoms with Crippen molar-refractivity contribution in [3.63, 3.8) is 0 Å². The van der Waals surface area contributed by atoms with Gasteiger partial charge in [-0.05, 0) is 29.8 Å². The van der Waals surface area contributed by atoms with E-state index in [9.17, 15) is 0 Å². The van der Waals surface area contributed by atoms with Crippen LogP contribution < -0.4 is 20.1 Å². The van der Waals surface area contributed by atoms with Crippen LogP contribution >= 0.6 is 0 Å². The van der Waals surface area contributed by atoms with E-state index in [1.165, 1.54) is 5.56 Å². The van der Waals surface area contributed by atoms with E-state index in [2.05, 4.69) is 11.0 Å². The minimum Gasteiger partial charge on any atom is -0.497 e. The molecule has 104 valence electrons. The highest BCUT2D eigenvalue weighted by Gasteiger charge is 2.19. The molecule has 1 heterocycles. The summed E-state index contributed by atoms with van der Waals surface area (Å²) < 4.78 is 11.0. The molecule has 0 atom stereocenters. The van der Waals surface area contributed by atoms with Crippen molar-refractivity contribution in [2.75, 3.05) is 30.9 Å². The number of hydrogen-bond donors (Lipinski definition) is 1. The second-order valence-corrected chi connectivity index (χ2v) is 4.85. The van der Waals surface area contributed by atoms with Crippen molar-refractivity contribution in [2.45, 2.75) is 6.54 Å². The molecule has 0 aromatic heterocycles. The first-order valence-electron chi connectivity index (χ1n) is 6.66. The minimum atomic E-state index is 0.696. The fourth-order valence-corrected chi connectivity index (χ4v) is 2.46. The Kier molecular flexibility index (Phi) is 3.37. The van der Waals surface area contributed by atoms with Crippen LogP contribution in [0.1, 0.15) is 5.56 Å². The van der Waals surface area contributed by atoms with Gasteiger partial charge in [0.25, 0.3) is 0 Å². The molecule has 20 heavy (non-hydrogen) atoms. The van der Waals surface area contributed by atoms with Gasteiger partial charge < -0.3 is 20.1 Å². The Hall–Kier alpha value is -2.36. The summed E-state index contributed by atoms with van der Waals surface area (Å²) in [6, 6.07) is 13.9. The summed E-state index contributed by atoms with van der Waals surface area (Å²) in [6.45, 7) is 2.37. The Balaban J connectivity index is 1.89. The molecule has 3 rings (SSSR count). The Bertz CT molecular complexity index is 613. The predicted molar refractivity (Wildman–Crippen MR) is 80.4 cm³/mol. The third-order valence-corrected chi connectivity index (χ3v) is 3.45. The van der Waals surface area contributed by atoms with Crippen LogP contribution in [0.3, 0.4) is 0 Å². The quantitative estimate of drug-likeness (QED) is 0.871. The molecule has 2 aromatic rings. The molecule has 4 nitrogen and oxygen atoms in total. The number of anilines is 2. The van der Waals surface area contributed by atoms with Crippen LogP contribution in [0.15, 0.2) is 42.5 Å². The van der Waals surface area contributed by atoms with Crippen molar-refractivity contribution in [3.05, 3.63) is 48.0 Å². The van der Waals surface area contributed by atoms with Gasteiger partial charge in [-0.3, -0.25) is 0 Å². The molecule has 0 unspecified atom stereocenters. The van der Waals surface area contributed by atoms with E-state index >= 15 is 0 Å². The molecule has 4 heteroatoms. The number of nitrogens with two attached hydrogens (primary N) is 1. The van der Waals surface area contributed by atoms with Gasteiger partial charge in [-0.15, -0.1) is 0 Å². The summed E-state index contributed by atoms with van der Waals surface area (Å²) >= 11 is 0. The van der Waals surface area contributed by atoms with Crippen LogP contribution in [0, 0.1) is 0 Å². The standard InChI is InChI=1S/C16H18N2O2/c1-19-14-5-6-16-15(10-14)18(7-8-20-16)11-12-3-2-4-13(17)9-12/h2-6,9-10H,7-8,11,17H2,1H3. The van der Waals surface area contributed by atoms with Crippen molar-refractivity contribution in [2.24, 2.45) is 0 Å². The lowest BCUT2D eigenvalue weighted by Gasteiger charge is -2.31. The minimum absolute atomic E-state index is 0.696. The molecule has 0 spiro atoms. The van der Waals surface area contributed by atoms with E-state index < -0.39 is 0 Å². The van der Waals surface area contributed by atoms with Crippen molar-refractivity contribution in [3.8, 4) is 11.5 Å². The summed E-state index contributed by atoms with van der Waals surface area (Å²) in [5, 5.41) is 0. The van der Waals surface area contributed by atoms with Gasteiger partial charge in [-0.25, -0.2) is 0 Å². The zero-order valence-corrected chi connectivity index (χ0v) is 11.5. The highest BCUT2D eigenvalue weighted by molar-refractivity contribution is 5.63. The van der Waals surface area contributed by atoms with E-state index in [0.29, 0.717) is 6.61 Å². The normalized spacial score (nSPS) is 13.6. The maximum atomic E-state index is 5.84. The molecule has 0 aliphatic carbocycles. The molecule has 1 aliphatic rings. The van der Waals surface area contributed by atoms with E-state index in [1.807, 2.05) is 36.4 Å². The van der Waals surface area contributed by atoms with Crippen LogP contribution in [0.4, 0.5) is 11.4 Å². The van der Waals surface area contributed by atoms with Crippen LogP contribution in [-0.4, -0.2) is 20.3 Å². The van der Waals surface area contributed by atoms with Crippen LogP contribution in [0.5, 0.6) is 11.5 Å². The smallest absolute Gasteiger partial charge is 0.142 e. The van der Waals surface area contributed by atoms with E-state index in [1.54, 1.807) is 7.11 Å². The number of methoxy groups -OCH3 is 1. The highest BCUT2D eigenvalue weighted by Crippen LogP contribution is 2.35. The first-order valence-corrected chi connectivity index (χ1v) is 6.66. The fourth-order valence-electron chi connectivity index (χ4n) is 2.46. The third-order valence-electron chi connectivity index (χ3n) is 3.45. The van der Waals surface area contributed by atoms with E-state index in [-0.39, 0.29) is 0 Å². The van der Waals surface area contributed by atoms with Gasteiger partial charge in [0.1, 0.15) is 18.1 Å². The second kappa shape index (κ2) is 5.33. The molecule has 0 saturated heterocycles. The van der Waals surface area contributed by atoms with Crippen LogP contribution in [-0.2, 0) is 6.54 Å². The molecule has 2 N–H and O–H groups in total. The zero-order chi connectivity index (χ0) is 13.9. The highest BCUT2D eigenvalue weighted by atomic mass is 16.5. The number of rotatable bonds is 3. The lowest BCUT2D eigenvalue weighted by molar-refractivity contribution is 0.305. The van der Waals surface area contributed by atoms with Gasteiger partial charge in [-0.2, -0.15) is 0 Å². The van der Waals surface area contributed by atoms with Crippen LogP contribution in [0.2, 0.25) is 0 Å². The number of ether oxygens (including phenoxy) is 2. The number of hydrogen-bond acceptors (Lipinski definition) is 4. The van der Waals surface area contributed by atoms with Crippen molar-refractivity contribution >= 4 is 11.4 Å². The van der Waals surface area contributed by atoms with Gasteiger partial charge in [0, 0.05) is 18.3 Å². The first kappa shape index (κ1) is 12.7. The average Bonchev–Trinajstić information content (AvgIpc) is 2.47. The van der Waals surface area contributed by atoms with Gasteiger partial charge in [-0.1, -0.05) is 12.1 Å². The molecule has 0 bridgehead atoms. The summed E-state index contributed by atoms with van der Waals surface area (Å²) in [4.78, 5) is 2.29. The molecular formula is C16H18N2O2. The number of fused-ring (bicyclic) bond motifs is 1. The molecule has 0 fully saturated rings. The molecule has 0 saturated carbocycles. The zero-order valence-electron chi connectivity index (χ0n) is 11.5. The van der Waals surface area contributed by atoms with E-state index in [0.717, 1.165) is 36.0 Å². The SMILES string of the molecule is COc1ccc2c(c1)N(Cc1cccc(N)c1)CCO2. The molecular weight excluding hydrogens is 252 g/mol. The van der Waals surface area contributed by atoms with Gasteiger partial charge in [0.2, 0.25) is 0 Å². The first-order chi connectivity index (χ1) is 9.76. The van der Waals surface area contributed by atoms with E-state index in [4.69, 9.17) is 15.2 Å².